The lowest BCUT2D eigenvalue weighted by molar-refractivity contribution is -0.930. The first-order chi connectivity index (χ1) is 14.9. The molecule has 31 heavy (non-hydrogen) atoms. The van der Waals surface area contributed by atoms with Crippen LogP contribution in [0.1, 0.15) is 60.7 Å². The highest BCUT2D eigenvalue weighted by Crippen LogP contribution is 2.25. The van der Waals surface area contributed by atoms with Crippen molar-refractivity contribution in [1.82, 2.24) is 25.1 Å². The second-order valence-electron chi connectivity index (χ2n) is 8.89. The van der Waals surface area contributed by atoms with E-state index in [0.717, 1.165) is 25.3 Å². The van der Waals surface area contributed by atoms with Gasteiger partial charge in [-0.1, -0.05) is 36.8 Å². The summed E-state index contributed by atoms with van der Waals surface area (Å²) in [7, 11) is 0. The number of hydrogen-bond donors (Lipinski definition) is 1. The Bertz CT molecular complexity index is 1000. The molecule has 0 radical (unpaired) electrons. The maximum Gasteiger partial charge on any atom is 0.289 e. The summed E-state index contributed by atoms with van der Waals surface area (Å²) in [5.41, 5.74) is 2.23. The molecule has 3 heterocycles. The normalized spacial score (nSPS) is 16.5. The van der Waals surface area contributed by atoms with Crippen LogP contribution in [0.25, 0.3) is 0 Å². The van der Waals surface area contributed by atoms with Crippen molar-refractivity contribution in [2.24, 2.45) is 0 Å². The van der Waals surface area contributed by atoms with E-state index >= 15 is 0 Å². The molecule has 0 bridgehead atoms. The van der Waals surface area contributed by atoms with Crippen molar-refractivity contribution < 1.29 is 14.1 Å². The van der Waals surface area contributed by atoms with Gasteiger partial charge in [0, 0.05) is 5.56 Å². The number of furan rings is 1. The van der Waals surface area contributed by atoms with E-state index in [-0.39, 0.29) is 17.5 Å². The number of benzene rings is 1. The lowest BCUT2D eigenvalue weighted by atomic mass is 9.98. The number of aryl methyl sites for hydroxylation is 1. The topological polar surface area (TPSA) is 81.5 Å². The van der Waals surface area contributed by atoms with E-state index in [9.17, 15) is 4.79 Å². The molecule has 2 aromatic heterocycles. The summed E-state index contributed by atoms with van der Waals surface area (Å²) in [6.45, 7) is 11.5. The highest BCUT2D eigenvalue weighted by molar-refractivity contribution is 5.91. The molecule has 1 amide bonds. The number of quaternary nitrogens is 1. The summed E-state index contributed by atoms with van der Waals surface area (Å²) in [5, 5.41) is 12.9. The molecule has 8 nitrogen and oxygen atoms in total. The first-order valence-corrected chi connectivity index (χ1v) is 10.9. The third-order valence-electron chi connectivity index (χ3n) is 6.43. The predicted octanol–water partition coefficient (Wildman–Crippen LogP) is 1.85. The number of carbonyl (C=O) groups is 1. The van der Waals surface area contributed by atoms with Gasteiger partial charge < -0.3 is 14.2 Å². The minimum atomic E-state index is -0.182. The molecule has 3 aromatic rings. The van der Waals surface area contributed by atoms with E-state index in [1.54, 1.807) is 12.1 Å². The summed E-state index contributed by atoms with van der Waals surface area (Å²) in [6, 6.07) is 12.1. The Balaban J connectivity index is 1.62. The van der Waals surface area contributed by atoms with Crippen molar-refractivity contribution in [3.63, 3.8) is 0 Å². The van der Waals surface area contributed by atoms with E-state index in [4.69, 9.17) is 4.42 Å². The first kappa shape index (κ1) is 21.2. The van der Waals surface area contributed by atoms with E-state index < -0.39 is 0 Å². The van der Waals surface area contributed by atoms with Crippen molar-refractivity contribution in [2.75, 3.05) is 26.2 Å². The monoisotopic (exact) mass is 423 g/mol. The molecule has 0 saturated carbocycles. The fourth-order valence-electron chi connectivity index (χ4n) is 4.12. The van der Waals surface area contributed by atoms with Crippen LogP contribution in [0.3, 0.4) is 0 Å². The smallest absolute Gasteiger partial charge is 0.289 e. The zero-order chi connectivity index (χ0) is 22.0. The van der Waals surface area contributed by atoms with Crippen molar-refractivity contribution >= 4 is 5.91 Å². The van der Waals surface area contributed by atoms with Gasteiger partial charge in [0.25, 0.3) is 5.91 Å². The Morgan fingerprint density at radius 1 is 1.19 bits per heavy atom. The van der Waals surface area contributed by atoms with Crippen LogP contribution >= 0.6 is 0 Å². The van der Waals surface area contributed by atoms with Gasteiger partial charge in [-0.05, 0) is 49.8 Å². The number of piperazine rings is 1. The Labute approximate surface area is 182 Å². The van der Waals surface area contributed by atoms with Gasteiger partial charge in [0.15, 0.2) is 11.8 Å². The van der Waals surface area contributed by atoms with Crippen molar-refractivity contribution in [2.45, 2.75) is 45.7 Å². The quantitative estimate of drug-likeness (QED) is 0.654. The van der Waals surface area contributed by atoms with Crippen molar-refractivity contribution in [3.05, 3.63) is 65.4 Å². The van der Waals surface area contributed by atoms with Gasteiger partial charge in [0.1, 0.15) is 0 Å². The number of carbonyl (C=O) groups excluding carboxylic acids is 1. The molecule has 0 aliphatic carbocycles. The molecule has 0 unspecified atom stereocenters. The summed E-state index contributed by atoms with van der Waals surface area (Å²) in [4.78, 5) is 15.9. The average molecular weight is 424 g/mol. The van der Waals surface area contributed by atoms with Crippen molar-refractivity contribution in [3.8, 4) is 0 Å². The lowest BCUT2D eigenvalue weighted by Gasteiger charge is -2.37. The van der Waals surface area contributed by atoms with Crippen LogP contribution in [0, 0.1) is 6.92 Å². The number of amides is 1. The fourth-order valence-corrected chi connectivity index (χ4v) is 4.12. The third kappa shape index (κ3) is 4.25. The third-order valence-corrected chi connectivity index (χ3v) is 6.43. The zero-order valence-corrected chi connectivity index (χ0v) is 18.7. The molecule has 1 N–H and O–H groups in total. The molecule has 1 aromatic carbocycles. The van der Waals surface area contributed by atoms with Crippen LogP contribution in [0.2, 0.25) is 0 Å². The van der Waals surface area contributed by atoms with Crippen molar-refractivity contribution in [1.29, 1.82) is 0 Å². The van der Waals surface area contributed by atoms with Gasteiger partial charge in [0.2, 0.25) is 5.82 Å². The summed E-state index contributed by atoms with van der Waals surface area (Å²) >= 11 is 0. The van der Waals surface area contributed by atoms with Crippen LogP contribution in [0.15, 0.2) is 47.1 Å². The van der Waals surface area contributed by atoms with Crippen LogP contribution in [0.5, 0.6) is 0 Å². The number of hydrogen-bond acceptors (Lipinski definition) is 5. The van der Waals surface area contributed by atoms with Crippen LogP contribution < -0.4 is 4.90 Å². The molecule has 1 saturated heterocycles. The van der Waals surface area contributed by atoms with Crippen LogP contribution in [-0.4, -0.2) is 57.2 Å². The molecule has 164 valence electrons. The number of aromatic nitrogens is 4. The zero-order valence-electron chi connectivity index (χ0n) is 18.7. The average Bonchev–Trinajstić information content (AvgIpc) is 3.48. The van der Waals surface area contributed by atoms with Gasteiger partial charge in [0.05, 0.1) is 38.0 Å². The molecular formula is C23H31N6O2+. The maximum absolute atomic E-state index is 12.7. The number of rotatable bonds is 6. The van der Waals surface area contributed by atoms with Gasteiger partial charge in [-0.25, -0.2) is 4.68 Å². The largest absolute Gasteiger partial charge is 0.459 e. The molecular weight excluding hydrogens is 392 g/mol. The molecule has 1 aliphatic rings. The van der Waals surface area contributed by atoms with Gasteiger partial charge in [-0.2, -0.15) is 0 Å². The molecule has 1 fully saturated rings. The predicted molar refractivity (Wildman–Crippen MR) is 116 cm³/mol. The second kappa shape index (κ2) is 8.63. The fraction of sp³-hybridized carbons (Fsp3) is 0.478. The summed E-state index contributed by atoms with van der Waals surface area (Å²) in [6.07, 6.45) is 2.46. The number of nitrogens with zero attached hydrogens (tertiary/aromatic N) is 5. The minimum Gasteiger partial charge on any atom is -0.459 e. The van der Waals surface area contributed by atoms with E-state index in [1.165, 1.54) is 22.3 Å². The maximum atomic E-state index is 12.7. The van der Waals surface area contributed by atoms with Crippen LogP contribution in [0.4, 0.5) is 0 Å². The van der Waals surface area contributed by atoms with Gasteiger partial charge >= 0.3 is 0 Å². The van der Waals surface area contributed by atoms with E-state index in [1.807, 2.05) is 9.58 Å². The second-order valence-corrected chi connectivity index (χ2v) is 8.89. The Kier molecular flexibility index (Phi) is 5.91. The molecule has 1 aliphatic heterocycles. The molecule has 1 atom stereocenters. The van der Waals surface area contributed by atoms with Gasteiger partial charge in [-0.15, -0.1) is 5.10 Å². The standard InChI is InChI=1S/C23H30N6O2/c1-5-23(3,4)29-21(24-25-26-29)20(18-10-8-17(2)9-11-18)27-12-14-28(15-13-27)22(30)19-7-6-16-31-19/h6-11,16,20H,5,12-15H2,1-4H3/p+1/t20-/m0/s1. The number of tetrazole rings is 1. The summed E-state index contributed by atoms with van der Waals surface area (Å²) in [5.74, 6) is 1.22. The minimum absolute atomic E-state index is 0.00212. The highest BCUT2D eigenvalue weighted by Gasteiger charge is 2.38. The van der Waals surface area contributed by atoms with Crippen LogP contribution in [-0.2, 0) is 5.54 Å². The number of nitrogens with one attached hydrogen (secondary N) is 1. The Morgan fingerprint density at radius 2 is 1.90 bits per heavy atom. The van der Waals surface area contributed by atoms with E-state index in [2.05, 4.69) is 67.5 Å². The molecule has 8 heteroatoms. The molecule has 4 rings (SSSR count). The van der Waals surface area contributed by atoms with E-state index in [0.29, 0.717) is 18.8 Å². The Morgan fingerprint density at radius 3 is 2.52 bits per heavy atom. The summed E-state index contributed by atoms with van der Waals surface area (Å²) < 4.78 is 7.28. The Hall–Kier alpha value is -3.00. The lowest BCUT2D eigenvalue weighted by Crippen LogP contribution is -3.15. The van der Waals surface area contributed by atoms with Gasteiger partial charge in [-0.3, -0.25) is 4.79 Å². The SMILES string of the molecule is CCC(C)(C)n1nnnc1[C@H](c1ccc(C)cc1)[NH+]1CCN(C(=O)c2ccco2)CC1. The highest BCUT2D eigenvalue weighted by atomic mass is 16.3. The molecule has 0 spiro atoms. The first-order valence-electron chi connectivity index (χ1n) is 10.9.